The summed E-state index contributed by atoms with van der Waals surface area (Å²) < 4.78 is 2.07. The van der Waals surface area contributed by atoms with Gasteiger partial charge in [0.25, 0.3) is 0 Å². The van der Waals surface area contributed by atoms with Crippen LogP contribution >= 0.6 is 0 Å². The summed E-state index contributed by atoms with van der Waals surface area (Å²) in [7, 11) is 0. The van der Waals surface area contributed by atoms with Gasteiger partial charge in [-0.25, -0.2) is 0 Å². The molecule has 1 unspecified atom stereocenters. The van der Waals surface area contributed by atoms with Crippen LogP contribution in [0, 0.1) is 0 Å². The van der Waals surface area contributed by atoms with Crippen molar-refractivity contribution in [2.75, 3.05) is 0 Å². The van der Waals surface area contributed by atoms with Gasteiger partial charge in [0.1, 0.15) is 12.2 Å². The molecule has 0 aliphatic rings. The van der Waals surface area contributed by atoms with Crippen molar-refractivity contribution in [2.24, 2.45) is 0 Å². The van der Waals surface area contributed by atoms with Crippen molar-refractivity contribution in [3.05, 3.63) is 42.5 Å². The van der Waals surface area contributed by atoms with Crippen LogP contribution in [0.4, 0.5) is 0 Å². The van der Waals surface area contributed by atoms with Crippen LogP contribution in [0.1, 0.15) is 38.4 Å². The van der Waals surface area contributed by atoms with Gasteiger partial charge in [0, 0.05) is 11.6 Å². The molecule has 2 aromatic rings. The van der Waals surface area contributed by atoms with Crippen LogP contribution in [0.5, 0.6) is 0 Å². The fourth-order valence-electron chi connectivity index (χ4n) is 1.93. The Hall–Kier alpha value is -1.64. The third kappa shape index (κ3) is 2.13. The molecule has 84 valence electrons. The lowest BCUT2D eigenvalue weighted by Gasteiger charge is -2.11. The van der Waals surface area contributed by atoms with E-state index in [9.17, 15) is 0 Å². The number of hydrogen-bond acceptors (Lipinski definition) is 2. The van der Waals surface area contributed by atoms with E-state index >= 15 is 0 Å². The molecule has 0 aliphatic heterocycles. The Morgan fingerprint density at radius 1 is 1.25 bits per heavy atom. The Bertz CT molecular complexity index is 433. The predicted molar refractivity (Wildman–Crippen MR) is 64.7 cm³/mol. The maximum atomic E-state index is 4.22. The van der Waals surface area contributed by atoms with Gasteiger partial charge in [-0.1, -0.05) is 38.5 Å². The summed E-state index contributed by atoms with van der Waals surface area (Å²) in [5, 5.41) is 8.24. The zero-order chi connectivity index (χ0) is 11.4. The largest absolute Gasteiger partial charge is 0.285 e. The maximum absolute atomic E-state index is 4.22. The molecule has 1 heterocycles. The van der Waals surface area contributed by atoms with Gasteiger partial charge in [-0.15, -0.1) is 10.2 Å². The number of nitrogens with zero attached hydrogens (tertiary/aromatic N) is 3. The van der Waals surface area contributed by atoms with Crippen molar-refractivity contribution in [1.82, 2.24) is 14.8 Å². The quantitative estimate of drug-likeness (QED) is 0.784. The van der Waals surface area contributed by atoms with E-state index in [-0.39, 0.29) is 0 Å². The van der Waals surface area contributed by atoms with E-state index in [0.29, 0.717) is 5.92 Å². The number of benzene rings is 1. The lowest BCUT2D eigenvalue weighted by atomic mass is 10.1. The lowest BCUT2D eigenvalue weighted by Crippen LogP contribution is -2.04. The second-order valence-electron chi connectivity index (χ2n) is 4.08. The third-order valence-electron chi connectivity index (χ3n) is 2.77. The first-order chi connectivity index (χ1) is 7.83. The van der Waals surface area contributed by atoms with Crippen molar-refractivity contribution in [1.29, 1.82) is 0 Å². The molecule has 16 heavy (non-hydrogen) atoms. The maximum Gasteiger partial charge on any atom is 0.140 e. The van der Waals surface area contributed by atoms with E-state index in [1.165, 1.54) is 6.42 Å². The topological polar surface area (TPSA) is 30.7 Å². The summed E-state index contributed by atoms with van der Waals surface area (Å²) >= 11 is 0. The monoisotopic (exact) mass is 215 g/mol. The first-order valence-corrected chi connectivity index (χ1v) is 5.78. The molecule has 1 aromatic heterocycles. The van der Waals surface area contributed by atoms with Gasteiger partial charge >= 0.3 is 0 Å². The van der Waals surface area contributed by atoms with Gasteiger partial charge in [0.15, 0.2) is 0 Å². The summed E-state index contributed by atoms with van der Waals surface area (Å²) in [5.74, 6) is 1.50. The Morgan fingerprint density at radius 2 is 2.00 bits per heavy atom. The molecule has 0 amide bonds. The minimum atomic E-state index is 0.452. The van der Waals surface area contributed by atoms with Crippen LogP contribution in [-0.2, 0) is 0 Å². The smallest absolute Gasteiger partial charge is 0.140 e. The van der Waals surface area contributed by atoms with Crippen molar-refractivity contribution >= 4 is 0 Å². The SMILES string of the molecule is CCCC(C)c1nncn1-c1ccccc1. The zero-order valence-corrected chi connectivity index (χ0v) is 9.80. The molecule has 1 aromatic carbocycles. The van der Waals surface area contributed by atoms with Crippen LogP contribution in [0.15, 0.2) is 36.7 Å². The molecule has 0 radical (unpaired) electrons. The minimum Gasteiger partial charge on any atom is -0.285 e. The average molecular weight is 215 g/mol. The van der Waals surface area contributed by atoms with Gasteiger partial charge in [0.05, 0.1) is 0 Å². The molecule has 2 rings (SSSR count). The number of para-hydroxylation sites is 1. The van der Waals surface area contributed by atoms with E-state index in [1.54, 1.807) is 6.33 Å². The standard InChI is InChI=1S/C13H17N3/c1-3-7-11(2)13-15-14-10-16(13)12-8-5-4-6-9-12/h4-6,8-11H,3,7H2,1-2H3. The number of aromatic nitrogens is 3. The summed E-state index contributed by atoms with van der Waals surface area (Å²) in [6.45, 7) is 4.40. The first kappa shape index (κ1) is 10.9. The fraction of sp³-hybridized carbons (Fsp3) is 0.385. The van der Waals surface area contributed by atoms with Crippen molar-refractivity contribution in [3.63, 3.8) is 0 Å². The molecule has 0 N–H and O–H groups in total. The third-order valence-corrected chi connectivity index (χ3v) is 2.77. The second kappa shape index (κ2) is 4.92. The lowest BCUT2D eigenvalue weighted by molar-refractivity contribution is 0.614. The first-order valence-electron chi connectivity index (χ1n) is 5.78. The highest BCUT2D eigenvalue weighted by Gasteiger charge is 2.12. The Kier molecular flexibility index (Phi) is 3.34. The molecule has 0 aliphatic carbocycles. The van der Waals surface area contributed by atoms with Gasteiger partial charge < -0.3 is 0 Å². The van der Waals surface area contributed by atoms with Crippen molar-refractivity contribution < 1.29 is 0 Å². The fourth-order valence-corrected chi connectivity index (χ4v) is 1.93. The van der Waals surface area contributed by atoms with Crippen LogP contribution in [0.2, 0.25) is 0 Å². The van der Waals surface area contributed by atoms with E-state index in [1.807, 2.05) is 18.2 Å². The van der Waals surface area contributed by atoms with Gasteiger partial charge in [-0.2, -0.15) is 0 Å². The van der Waals surface area contributed by atoms with E-state index in [2.05, 4.69) is 40.7 Å². The molecule has 3 nitrogen and oxygen atoms in total. The summed E-state index contributed by atoms with van der Waals surface area (Å²) in [6.07, 6.45) is 4.10. The summed E-state index contributed by atoms with van der Waals surface area (Å²) in [6, 6.07) is 10.2. The summed E-state index contributed by atoms with van der Waals surface area (Å²) in [4.78, 5) is 0. The average Bonchev–Trinajstić information content (AvgIpc) is 2.79. The van der Waals surface area contributed by atoms with Gasteiger partial charge in [-0.3, -0.25) is 4.57 Å². The predicted octanol–water partition coefficient (Wildman–Crippen LogP) is 3.17. The summed E-state index contributed by atoms with van der Waals surface area (Å²) in [5.41, 5.74) is 1.13. The molecule has 0 bridgehead atoms. The van der Waals surface area contributed by atoms with Crippen molar-refractivity contribution in [2.45, 2.75) is 32.6 Å². The Labute approximate surface area is 96.1 Å². The molecule has 0 saturated heterocycles. The van der Waals surface area contributed by atoms with Gasteiger partial charge in [-0.05, 0) is 18.6 Å². The normalized spacial score (nSPS) is 12.6. The molecule has 1 atom stereocenters. The highest BCUT2D eigenvalue weighted by Crippen LogP contribution is 2.20. The van der Waals surface area contributed by atoms with Crippen LogP contribution in [-0.4, -0.2) is 14.8 Å². The Morgan fingerprint density at radius 3 is 2.69 bits per heavy atom. The van der Waals surface area contributed by atoms with E-state index in [0.717, 1.165) is 17.9 Å². The molecule has 0 saturated carbocycles. The van der Waals surface area contributed by atoms with Crippen LogP contribution in [0.3, 0.4) is 0 Å². The zero-order valence-electron chi connectivity index (χ0n) is 9.80. The molecule has 3 heteroatoms. The number of rotatable bonds is 4. The van der Waals surface area contributed by atoms with Crippen molar-refractivity contribution in [3.8, 4) is 5.69 Å². The number of hydrogen-bond donors (Lipinski definition) is 0. The van der Waals surface area contributed by atoms with E-state index in [4.69, 9.17) is 0 Å². The molecular formula is C13H17N3. The van der Waals surface area contributed by atoms with Crippen LogP contribution in [0.25, 0.3) is 5.69 Å². The second-order valence-corrected chi connectivity index (χ2v) is 4.08. The van der Waals surface area contributed by atoms with E-state index < -0.39 is 0 Å². The molecule has 0 fully saturated rings. The molecule has 0 spiro atoms. The highest BCUT2D eigenvalue weighted by molar-refractivity contribution is 5.32. The van der Waals surface area contributed by atoms with Gasteiger partial charge in [0.2, 0.25) is 0 Å². The van der Waals surface area contributed by atoms with Crippen LogP contribution < -0.4 is 0 Å². The Balaban J connectivity index is 2.33. The minimum absolute atomic E-state index is 0.452. The molecular weight excluding hydrogens is 198 g/mol. The highest BCUT2D eigenvalue weighted by atomic mass is 15.3.